The maximum Gasteiger partial charge on any atom is 0.184 e. The first-order chi connectivity index (χ1) is 15.1. The standard InChI is InChI=1S/C26H26N2O3/c1-18-23-17-28(16-19-8-4-2-5-9-19)25(24(30)20-10-6-3-7-11-20)26(27-23,31-18)21-12-14-22(29)15-13-21/h2-15,18,23,25,27,29H,16-17H2,1H3. The molecule has 2 aliphatic rings. The van der Waals surface area contributed by atoms with Crippen LogP contribution in [0, 0.1) is 0 Å². The zero-order valence-corrected chi connectivity index (χ0v) is 17.4. The number of fused-ring (bicyclic) bond motifs is 2. The number of nitrogens with zero attached hydrogens (tertiary/aromatic N) is 1. The molecule has 0 spiro atoms. The van der Waals surface area contributed by atoms with E-state index in [2.05, 4.69) is 29.3 Å². The number of ketones is 1. The Morgan fingerprint density at radius 2 is 1.68 bits per heavy atom. The maximum atomic E-state index is 13.9. The fourth-order valence-electron chi connectivity index (χ4n) is 4.86. The van der Waals surface area contributed by atoms with E-state index in [1.54, 1.807) is 12.1 Å². The second-order valence-corrected chi connectivity index (χ2v) is 8.40. The van der Waals surface area contributed by atoms with Crippen LogP contribution in [0.15, 0.2) is 84.9 Å². The summed E-state index contributed by atoms with van der Waals surface area (Å²) in [5.41, 5.74) is 1.67. The summed E-state index contributed by atoms with van der Waals surface area (Å²) >= 11 is 0. The van der Waals surface area contributed by atoms with E-state index < -0.39 is 11.8 Å². The molecule has 2 heterocycles. The molecule has 2 N–H and O–H groups in total. The Kier molecular flexibility index (Phi) is 5.10. The van der Waals surface area contributed by atoms with Crippen LogP contribution in [0.5, 0.6) is 5.75 Å². The molecule has 4 unspecified atom stereocenters. The number of benzene rings is 3. The summed E-state index contributed by atoms with van der Waals surface area (Å²) in [6.45, 7) is 3.41. The van der Waals surface area contributed by atoms with Gasteiger partial charge in [-0.25, -0.2) is 0 Å². The SMILES string of the molecule is CC1OC2(c3ccc(O)cc3)NC1CN(Cc1ccccc1)C2C(=O)c1ccccc1. The van der Waals surface area contributed by atoms with E-state index in [1.165, 1.54) is 0 Å². The van der Waals surface area contributed by atoms with Crippen LogP contribution in [0.25, 0.3) is 0 Å². The molecule has 31 heavy (non-hydrogen) atoms. The third-order valence-corrected chi connectivity index (χ3v) is 6.35. The Morgan fingerprint density at radius 3 is 2.35 bits per heavy atom. The summed E-state index contributed by atoms with van der Waals surface area (Å²) in [5.74, 6) is 0.204. The number of aromatic hydroxyl groups is 1. The smallest absolute Gasteiger partial charge is 0.184 e. The first-order valence-corrected chi connectivity index (χ1v) is 10.7. The molecule has 5 nitrogen and oxygen atoms in total. The summed E-state index contributed by atoms with van der Waals surface area (Å²) in [4.78, 5) is 16.2. The maximum absolute atomic E-state index is 13.9. The molecule has 3 aromatic carbocycles. The molecule has 2 bridgehead atoms. The monoisotopic (exact) mass is 414 g/mol. The lowest BCUT2D eigenvalue weighted by Crippen LogP contribution is -2.67. The van der Waals surface area contributed by atoms with Crippen molar-refractivity contribution < 1.29 is 14.6 Å². The number of Topliss-reactive ketones (excluding diaryl/α,β-unsaturated/α-hetero) is 1. The van der Waals surface area contributed by atoms with Crippen LogP contribution in [0.4, 0.5) is 0 Å². The number of hydrogen-bond donors (Lipinski definition) is 2. The largest absolute Gasteiger partial charge is 0.508 e. The first-order valence-electron chi connectivity index (χ1n) is 10.7. The Morgan fingerprint density at radius 1 is 1.03 bits per heavy atom. The average molecular weight is 415 g/mol. The Labute approximate surface area is 182 Å². The fraction of sp³-hybridized carbons (Fsp3) is 0.269. The molecule has 5 heteroatoms. The Hall–Kier alpha value is -2.99. The van der Waals surface area contributed by atoms with Gasteiger partial charge in [-0.1, -0.05) is 72.8 Å². The van der Waals surface area contributed by atoms with E-state index in [1.807, 2.05) is 60.7 Å². The van der Waals surface area contributed by atoms with Crippen molar-refractivity contribution in [3.63, 3.8) is 0 Å². The molecule has 2 fully saturated rings. The van der Waals surface area contributed by atoms with Gasteiger partial charge in [0.15, 0.2) is 11.5 Å². The molecule has 2 saturated heterocycles. The fourth-order valence-corrected chi connectivity index (χ4v) is 4.86. The van der Waals surface area contributed by atoms with E-state index in [0.29, 0.717) is 18.7 Å². The predicted octanol–water partition coefficient (Wildman–Crippen LogP) is 3.69. The second-order valence-electron chi connectivity index (χ2n) is 8.40. The van der Waals surface area contributed by atoms with Crippen LogP contribution in [-0.2, 0) is 17.0 Å². The normalized spacial score (nSPS) is 27.8. The minimum Gasteiger partial charge on any atom is -0.508 e. The molecule has 4 atom stereocenters. The highest BCUT2D eigenvalue weighted by Crippen LogP contribution is 2.43. The molecular formula is C26H26N2O3. The number of rotatable bonds is 5. The molecule has 0 saturated carbocycles. The van der Waals surface area contributed by atoms with Gasteiger partial charge in [-0.05, 0) is 24.6 Å². The van der Waals surface area contributed by atoms with Crippen LogP contribution < -0.4 is 5.32 Å². The van der Waals surface area contributed by atoms with Crippen LogP contribution in [0.1, 0.15) is 28.4 Å². The molecule has 0 aliphatic carbocycles. The van der Waals surface area contributed by atoms with Crippen LogP contribution in [-0.4, -0.2) is 40.5 Å². The molecule has 0 radical (unpaired) electrons. The van der Waals surface area contributed by atoms with Crippen molar-refractivity contribution in [3.8, 4) is 5.75 Å². The van der Waals surface area contributed by atoms with Gasteiger partial charge in [0.1, 0.15) is 11.8 Å². The molecule has 5 rings (SSSR count). The molecule has 0 amide bonds. The van der Waals surface area contributed by atoms with Gasteiger partial charge in [-0.2, -0.15) is 0 Å². The highest BCUT2D eigenvalue weighted by molar-refractivity contribution is 6.01. The number of phenolic OH excluding ortho intramolecular Hbond substituents is 1. The van der Waals surface area contributed by atoms with Gasteiger partial charge < -0.3 is 9.84 Å². The zero-order valence-electron chi connectivity index (χ0n) is 17.4. The number of nitrogens with one attached hydrogen (secondary N) is 1. The second kappa shape index (κ2) is 7.93. The predicted molar refractivity (Wildman–Crippen MR) is 119 cm³/mol. The number of hydrogen-bond acceptors (Lipinski definition) is 5. The van der Waals surface area contributed by atoms with Crippen molar-refractivity contribution in [2.24, 2.45) is 0 Å². The number of carbonyl (C=O) groups is 1. The molecular weight excluding hydrogens is 388 g/mol. The molecule has 158 valence electrons. The van der Waals surface area contributed by atoms with E-state index in [9.17, 15) is 9.90 Å². The summed E-state index contributed by atoms with van der Waals surface area (Å²) in [7, 11) is 0. The van der Waals surface area contributed by atoms with Gasteiger partial charge in [0, 0.05) is 30.3 Å². The summed E-state index contributed by atoms with van der Waals surface area (Å²) in [5, 5.41) is 13.5. The van der Waals surface area contributed by atoms with Gasteiger partial charge in [0.2, 0.25) is 0 Å². The van der Waals surface area contributed by atoms with E-state index >= 15 is 0 Å². The van der Waals surface area contributed by atoms with Gasteiger partial charge in [0.25, 0.3) is 0 Å². The lowest BCUT2D eigenvalue weighted by Gasteiger charge is -2.46. The van der Waals surface area contributed by atoms with Crippen LogP contribution in [0.2, 0.25) is 0 Å². The average Bonchev–Trinajstić information content (AvgIpc) is 3.06. The van der Waals surface area contributed by atoms with E-state index in [4.69, 9.17) is 4.74 Å². The minimum atomic E-state index is -0.988. The Bertz CT molecular complexity index is 1050. The van der Waals surface area contributed by atoms with E-state index in [0.717, 1.165) is 11.1 Å². The van der Waals surface area contributed by atoms with Crippen LogP contribution >= 0.6 is 0 Å². The minimum absolute atomic E-state index is 0.0182. The lowest BCUT2D eigenvalue weighted by atomic mass is 9.85. The van der Waals surface area contributed by atoms with Gasteiger partial charge in [0.05, 0.1) is 6.10 Å². The number of ether oxygens (including phenoxy) is 1. The van der Waals surface area contributed by atoms with Crippen molar-refractivity contribution in [1.29, 1.82) is 0 Å². The third-order valence-electron chi connectivity index (χ3n) is 6.35. The number of carbonyl (C=O) groups excluding carboxylic acids is 1. The third kappa shape index (κ3) is 3.55. The highest BCUT2D eigenvalue weighted by atomic mass is 16.5. The quantitative estimate of drug-likeness (QED) is 0.624. The van der Waals surface area contributed by atoms with E-state index in [-0.39, 0.29) is 23.7 Å². The molecule has 2 aliphatic heterocycles. The van der Waals surface area contributed by atoms with Gasteiger partial charge in [-0.15, -0.1) is 0 Å². The van der Waals surface area contributed by atoms with Crippen molar-refractivity contribution in [1.82, 2.24) is 10.2 Å². The van der Waals surface area contributed by atoms with Crippen molar-refractivity contribution in [2.45, 2.75) is 37.4 Å². The highest BCUT2D eigenvalue weighted by Gasteiger charge is 2.59. The van der Waals surface area contributed by atoms with Crippen LogP contribution in [0.3, 0.4) is 0 Å². The number of piperazine rings is 1. The Balaban J connectivity index is 1.62. The number of phenols is 1. The molecule has 0 aromatic heterocycles. The topological polar surface area (TPSA) is 61.8 Å². The van der Waals surface area contributed by atoms with Crippen molar-refractivity contribution in [2.75, 3.05) is 6.54 Å². The first kappa shape index (κ1) is 19.9. The van der Waals surface area contributed by atoms with Crippen molar-refractivity contribution in [3.05, 3.63) is 102 Å². The lowest BCUT2D eigenvalue weighted by molar-refractivity contribution is -0.0934. The molecule has 3 aromatic rings. The van der Waals surface area contributed by atoms with Crippen molar-refractivity contribution >= 4 is 5.78 Å². The van der Waals surface area contributed by atoms with Gasteiger partial charge in [-0.3, -0.25) is 15.0 Å². The summed E-state index contributed by atoms with van der Waals surface area (Å²) < 4.78 is 6.57. The summed E-state index contributed by atoms with van der Waals surface area (Å²) in [6, 6.07) is 26.1. The van der Waals surface area contributed by atoms with Gasteiger partial charge >= 0.3 is 0 Å². The zero-order chi connectivity index (χ0) is 21.4. The summed E-state index contributed by atoms with van der Waals surface area (Å²) in [6.07, 6.45) is -0.0550.